The second-order valence-corrected chi connectivity index (χ2v) is 5.09. The Kier molecular flexibility index (Phi) is 4.24. The van der Waals surface area contributed by atoms with Gasteiger partial charge in [-0.2, -0.15) is 0 Å². The zero-order chi connectivity index (χ0) is 13.0. The molecule has 98 valence electrons. The summed E-state index contributed by atoms with van der Waals surface area (Å²) in [6.07, 6.45) is 3.30. The van der Waals surface area contributed by atoms with E-state index in [4.69, 9.17) is 0 Å². The molecule has 1 amide bonds. The molecule has 1 aliphatic rings. The van der Waals surface area contributed by atoms with E-state index < -0.39 is 0 Å². The van der Waals surface area contributed by atoms with Gasteiger partial charge in [-0.05, 0) is 30.4 Å². The Bertz CT molecular complexity index is 429. The van der Waals surface area contributed by atoms with Crippen molar-refractivity contribution in [1.29, 1.82) is 0 Å². The third-order valence-corrected chi connectivity index (χ3v) is 3.63. The molecular formula is C15H22N2O. The Hall–Kier alpha value is -1.51. The first kappa shape index (κ1) is 12.9. The predicted octanol–water partition coefficient (Wildman–Crippen LogP) is 2.82. The van der Waals surface area contributed by atoms with Crippen molar-refractivity contribution in [3.05, 3.63) is 29.3 Å². The fourth-order valence-electron chi connectivity index (χ4n) is 2.21. The molecule has 1 unspecified atom stereocenters. The van der Waals surface area contributed by atoms with Crippen molar-refractivity contribution in [2.24, 2.45) is 5.92 Å². The maximum absolute atomic E-state index is 12.2. The SMILES string of the molecule is CCC(C)CNC(=O)c1cccc2c1NCCC2. The van der Waals surface area contributed by atoms with Crippen LogP contribution in [0.1, 0.15) is 42.6 Å². The Morgan fingerprint density at radius 1 is 1.50 bits per heavy atom. The van der Waals surface area contributed by atoms with E-state index in [-0.39, 0.29) is 5.91 Å². The van der Waals surface area contributed by atoms with Gasteiger partial charge in [-0.25, -0.2) is 0 Å². The number of para-hydroxylation sites is 1. The van der Waals surface area contributed by atoms with Crippen molar-refractivity contribution >= 4 is 11.6 Å². The van der Waals surface area contributed by atoms with E-state index in [2.05, 4.69) is 30.5 Å². The largest absolute Gasteiger partial charge is 0.384 e. The first-order valence-electron chi connectivity index (χ1n) is 6.86. The van der Waals surface area contributed by atoms with Gasteiger partial charge in [0.05, 0.1) is 11.3 Å². The summed E-state index contributed by atoms with van der Waals surface area (Å²) < 4.78 is 0. The molecule has 2 rings (SSSR count). The number of carbonyl (C=O) groups excluding carboxylic acids is 1. The van der Waals surface area contributed by atoms with Crippen LogP contribution in [0.2, 0.25) is 0 Å². The Labute approximate surface area is 109 Å². The number of anilines is 1. The molecule has 0 aliphatic carbocycles. The molecule has 1 heterocycles. The summed E-state index contributed by atoms with van der Waals surface area (Å²) >= 11 is 0. The Morgan fingerprint density at radius 2 is 2.33 bits per heavy atom. The summed E-state index contributed by atoms with van der Waals surface area (Å²) in [4.78, 5) is 12.2. The smallest absolute Gasteiger partial charge is 0.253 e. The van der Waals surface area contributed by atoms with Crippen LogP contribution in [-0.2, 0) is 6.42 Å². The molecule has 3 heteroatoms. The van der Waals surface area contributed by atoms with E-state index in [0.29, 0.717) is 5.92 Å². The first-order valence-corrected chi connectivity index (χ1v) is 6.86. The molecule has 1 aromatic rings. The van der Waals surface area contributed by atoms with E-state index >= 15 is 0 Å². The summed E-state index contributed by atoms with van der Waals surface area (Å²) in [5, 5.41) is 6.37. The molecule has 1 atom stereocenters. The highest BCUT2D eigenvalue weighted by Crippen LogP contribution is 2.25. The van der Waals surface area contributed by atoms with Crippen LogP contribution in [-0.4, -0.2) is 19.0 Å². The van der Waals surface area contributed by atoms with Crippen LogP contribution in [0, 0.1) is 5.92 Å². The molecule has 0 spiro atoms. The van der Waals surface area contributed by atoms with Crippen molar-refractivity contribution in [3.8, 4) is 0 Å². The van der Waals surface area contributed by atoms with Crippen LogP contribution in [0.4, 0.5) is 5.69 Å². The number of nitrogens with one attached hydrogen (secondary N) is 2. The van der Waals surface area contributed by atoms with Crippen molar-refractivity contribution in [2.75, 3.05) is 18.4 Å². The Morgan fingerprint density at radius 3 is 3.11 bits per heavy atom. The average molecular weight is 246 g/mol. The average Bonchev–Trinajstić information content (AvgIpc) is 2.43. The fraction of sp³-hybridized carbons (Fsp3) is 0.533. The minimum absolute atomic E-state index is 0.0431. The minimum atomic E-state index is 0.0431. The summed E-state index contributed by atoms with van der Waals surface area (Å²) in [5.41, 5.74) is 3.08. The van der Waals surface area contributed by atoms with Crippen LogP contribution in [0.25, 0.3) is 0 Å². The number of carbonyl (C=O) groups is 1. The van der Waals surface area contributed by atoms with Gasteiger partial charge in [0.25, 0.3) is 5.91 Å². The highest BCUT2D eigenvalue weighted by Gasteiger charge is 2.17. The molecule has 18 heavy (non-hydrogen) atoms. The van der Waals surface area contributed by atoms with Gasteiger partial charge in [-0.1, -0.05) is 32.4 Å². The van der Waals surface area contributed by atoms with Crippen molar-refractivity contribution in [1.82, 2.24) is 5.32 Å². The predicted molar refractivity (Wildman–Crippen MR) is 75.0 cm³/mol. The van der Waals surface area contributed by atoms with Gasteiger partial charge >= 0.3 is 0 Å². The number of rotatable bonds is 4. The van der Waals surface area contributed by atoms with Crippen molar-refractivity contribution in [2.45, 2.75) is 33.1 Å². The molecule has 3 nitrogen and oxygen atoms in total. The van der Waals surface area contributed by atoms with Gasteiger partial charge in [-0.3, -0.25) is 4.79 Å². The lowest BCUT2D eigenvalue weighted by Gasteiger charge is -2.21. The lowest BCUT2D eigenvalue weighted by atomic mass is 9.99. The van der Waals surface area contributed by atoms with Crippen molar-refractivity contribution < 1.29 is 4.79 Å². The monoisotopic (exact) mass is 246 g/mol. The van der Waals surface area contributed by atoms with E-state index in [1.807, 2.05) is 12.1 Å². The number of hydrogen-bond donors (Lipinski definition) is 2. The van der Waals surface area contributed by atoms with E-state index in [0.717, 1.165) is 43.6 Å². The van der Waals surface area contributed by atoms with E-state index in [1.165, 1.54) is 5.56 Å². The number of benzene rings is 1. The molecule has 0 saturated carbocycles. The second-order valence-electron chi connectivity index (χ2n) is 5.09. The van der Waals surface area contributed by atoms with Crippen LogP contribution >= 0.6 is 0 Å². The summed E-state index contributed by atoms with van der Waals surface area (Å²) in [5.74, 6) is 0.572. The van der Waals surface area contributed by atoms with Crippen LogP contribution in [0.5, 0.6) is 0 Å². The quantitative estimate of drug-likeness (QED) is 0.857. The molecule has 2 N–H and O–H groups in total. The van der Waals surface area contributed by atoms with Gasteiger partial charge in [0, 0.05) is 13.1 Å². The molecule has 0 bridgehead atoms. The molecule has 1 aromatic carbocycles. The third-order valence-electron chi connectivity index (χ3n) is 3.63. The number of hydrogen-bond acceptors (Lipinski definition) is 2. The van der Waals surface area contributed by atoms with Crippen LogP contribution < -0.4 is 10.6 Å². The highest BCUT2D eigenvalue weighted by atomic mass is 16.1. The molecule has 0 aromatic heterocycles. The summed E-state index contributed by atoms with van der Waals surface area (Å²) in [6, 6.07) is 5.99. The first-order chi connectivity index (χ1) is 8.72. The second kappa shape index (κ2) is 5.89. The van der Waals surface area contributed by atoms with E-state index in [1.54, 1.807) is 0 Å². The van der Waals surface area contributed by atoms with Gasteiger partial charge in [0.1, 0.15) is 0 Å². The molecule has 0 saturated heterocycles. The standard InChI is InChI=1S/C15H22N2O/c1-3-11(2)10-17-15(18)13-8-4-6-12-7-5-9-16-14(12)13/h4,6,8,11,16H,3,5,7,9-10H2,1-2H3,(H,17,18). The number of amides is 1. The summed E-state index contributed by atoms with van der Waals surface area (Å²) in [7, 11) is 0. The van der Waals surface area contributed by atoms with Gasteiger partial charge in [-0.15, -0.1) is 0 Å². The maximum Gasteiger partial charge on any atom is 0.253 e. The van der Waals surface area contributed by atoms with E-state index in [9.17, 15) is 4.79 Å². The zero-order valence-electron chi connectivity index (χ0n) is 11.3. The van der Waals surface area contributed by atoms with Gasteiger partial charge in [0.15, 0.2) is 0 Å². The summed E-state index contributed by atoms with van der Waals surface area (Å²) in [6.45, 7) is 6.00. The molecule has 0 radical (unpaired) electrons. The van der Waals surface area contributed by atoms with Gasteiger partial charge in [0.2, 0.25) is 0 Å². The fourth-order valence-corrected chi connectivity index (χ4v) is 2.21. The molecule has 1 aliphatic heterocycles. The maximum atomic E-state index is 12.2. The number of fused-ring (bicyclic) bond motifs is 1. The van der Waals surface area contributed by atoms with Gasteiger partial charge < -0.3 is 10.6 Å². The lowest BCUT2D eigenvalue weighted by molar-refractivity contribution is 0.0948. The topological polar surface area (TPSA) is 41.1 Å². The minimum Gasteiger partial charge on any atom is -0.384 e. The van der Waals surface area contributed by atoms with Crippen LogP contribution in [0.15, 0.2) is 18.2 Å². The lowest BCUT2D eigenvalue weighted by Crippen LogP contribution is -2.29. The third kappa shape index (κ3) is 2.84. The highest BCUT2D eigenvalue weighted by molar-refractivity contribution is 6.00. The normalized spacial score (nSPS) is 15.4. The Balaban J connectivity index is 2.10. The van der Waals surface area contributed by atoms with Crippen LogP contribution in [0.3, 0.4) is 0 Å². The molecular weight excluding hydrogens is 224 g/mol. The van der Waals surface area contributed by atoms with Crippen molar-refractivity contribution in [3.63, 3.8) is 0 Å². The number of aryl methyl sites for hydroxylation is 1. The zero-order valence-corrected chi connectivity index (χ0v) is 11.3. The molecule has 0 fully saturated rings.